The van der Waals surface area contributed by atoms with Gasteiger partial charge in [-0.1, -0.05) is 13.3 Å². The molecule has 0 radical (unpaired) electrons. The van der Waals surface area contributed by atoms with Crippen LogP contribution in [0.2, 0.25) is 0 Å². The van der Waals surface area contributed by atoms with Crippen LogP contribution in [0.15, 0.2) is 0 Å². The van der Waals surface area contributed by atoms with Crippen LogP contribution in [-0.2, 0) is 4.79 Å². The molecule has 1 saturated heterocycles. The number of hydrogen-bond acceptors (Lipinski definition) is 1. The van der Waals surface area contributed by atoms with E-state index in [1.165, 1.54) is 25.7 Å². The first-order valence-corrected chi connectivity index (χ1v) is 5.50. The van der Waals surface area contributed by atoms with Gasteiger partial charge in [-0.25, -0.2) is 0 Å². The van der Waals surface area contributed by atoms with Crippen LogP contribution in [0.1, 0.15) is 32.6 Å². The maximum atomic E-state index is 11.9. The normalized spacial score (nSPS) is 35.5. The number of nitrogens with zero attached hydrogens (tertiary/aromatic N) is 1. The average molecular weight is 179 g/mol. The van der Waals surface area contributed by atoms with Crippen LogP contribution < -0.4 is 0 Å². The van der Waals surface area contributed by atoms with Crippen molar-refractivity contribution < 1.29 is 4.79 Å². The minimum atomic E-state index is 0.439. The molecule has 2 heteroatoms. The Morgan fingerprint density at radius 1 is 1.38 bits per heavy atom. The molecule has 1 aliphatic heterocycles. The van der Waals surface area contributed by atoms with Crippen LogP contribution >= 0.6 is 0 Å². The van der Waals surface area contributed by atoms with Crippen molar-refractivity contribution >= 4 is 5.91 Å². The van der Waals surface area contributed by atoms with Crippen LogP contribution in [0.25, 0.3) is 0 Å². The highest BCUT2D eigenvalue weighted by Crippen LogP contribution is 2.66. The molecule has 2 saturated carbocycles. The number of hydrogen-bond donors (Lipinski definition) is 0. The Bertz CT molecular complexity index is 251. The van der Waals surface area contributed by atoms with Gasteiger partial charge in [0.2, 0.25) is 5.91 Å². The standard InChI is InChI=1S/C11H17NO/c1-8-6-12(7-8)10(13)9-5-11(9)3-2-4-11/h8-9H,2-7H2,1H3/t9-/m1/s1. The topological polar surface area (TPSA) is 20.3 Å². The van der Waals surface area contributed by atoms with E-state index in [0.29, 0.717) is 17.2 Å². The number of carbonyl (C=O) groups is 1. The van der Waals surface area contributed by atoms with Gasteiger partial charge in [0.25, 0.3) is 0 Å². The molecule has 3 fully saturated rings. The molecule has 3 rings (SSSR count). The molecule has 0 bridgehead atoms. The second-order valence-corrected chi connectivity index (χ2v) is 5.32. The van der Waals surface area contributed by atoms with E-state index in [0.717, 1.165) is 19.0 Å². The van der Waals surface area contributed by atoms with Crippen LogP contribution in [0, 0.1) is 17.3 Å². The Labute approximate surface area is 79.3 Å². The van der Waals surface area contributed by atoms with E-state index in [2.05, 4.69) is 11.8 Å². The summed E-state index contributed by atoms with van der Waals surface area (Å²) in [5.74, 6) is 1.66. The maximum Gasteiger partial charge on any atom is 0.226 e. The van der Waals surface area contributed by atoms with Gasteiger partial charge in [0, 0.05) is 19.0 Å². The SMILES string of the molecule is CC1CN(C(=O)[C@H]2CC23CCC3)C1. The summed E-state index contributed by atoms with van der Waals surface area (Å²) < 4.78 is 0. The van der Waals surface area contributed by atoms with E-state index in [-0.39, 0.29) is 0 Å². The lowest BCUT2D eigenvalue weighted by atomic mass is 9.79. The molecule has 1 atom stereocenters. The lowest BCUT2D eigenvalue weighted by molar-refractivity contribution is -0.139. The van der Waals surface area contributed by atoms with E-state index in [1.807, 2.05) is 0 Å². The molecule has 3 aliphatic rings. The molecule has 13 heavy (non-hydrogen) atoms. The molecule has 1 amide bonds. The molecule has 2 nitrogen and oxygen atoms in total. The van der Waals surface area contributed by atoms with E-state index in [4.69, 9.17) is 0 Å². The van der Waals surface area contributed by atoms with Crippen molar-refractivity contribution in [2.24, 2.45) is 17.3 Å². The van der Waals surface area contributed by atoms with Gasteiger partial charge in [0.15, 0.2) is 0 Å². The molecule has 0 N–H and O–H groups in total. The van der Waals surface area contributed by atoms with Crippen molar-refractivity contribution in [1.82, 2.24) is 4.90 Å². The quantitative estimate of drug-likeness (QED) is 0.599. The van der Waals surface area contributed by atoms with Crippen LogP contribution in [0.3, 0.4) is 0 Å². The summed E-state index contributed by atoms with van der Waals surface area (Å²) in [6.45, 7) is 4.26. The highest BCUT2D eigenvalue weighted by Gasteiger charge is 2.62. The zero-order valence-electron chi connectivity index (χ0n) is 8.25. The molecule has 0 aromatic carbocycles. The molecule has 0 aromatic heterocycles. The Hall–Kier alpha value is -0.530. The Balaban J connectivity index is 1.59. The van der Waals surface area contributed by atoms with E-state index in [9.17, 15) is 4.79 Å². The van der Waals surface area contributed by atoms with Crippen LogP contribution in [0.5, 0.6) is 0 Å². The summed E-state index contributed by atoms with van der Waals surface area (Å²) in [6.07, 6.45) is 5.22. The summed E-state index contributed by atoms with van der Waals surface area (Å²) in [4.78, 5) is 13.9. The van der Waals surface area contributed by atoms with Gasteiger partial charge in [0.1, 0.15) is 0 Å². The molecule has 1 heterocycles. The fourth-order valence-corrected chi connectivity index (χ4v) is 2.98. The molecule has 0 unspecified atom stereocenters. The van der Waals surface area contributed by atoms with E-state index < -0.39 is 0 Å². The zero-order chi connectivity index (χ0) is 9.05. The lowest BCUT2D eigenvalue weighted by Gasteiger charge is -2.38. The molecular weight excluding hydrogens is 162 g/mol. The van der Waals surface area contributed by atoms with Gasteiger partial charge in [-0.2, -0.15) is 0 Å². The zero-order valence-corrected chi connectivity index (χ0v) is 8.25. The third kappa shape index (κ3) is 0.976. The first-order chi connectivity index (χ1) is 6.21. The molecule has 1 spiro atoms. The van der Waals surface area contributed by atoms with Gasteiger partial charge in [-0.3, -0.25) is 4.79 Å². The molecule has 72 valence electrons. The van der Waals surface area contributed by atoms with Gasteiger partial charge < -0.3 is 4.90 Å². The van der Waals surface area contributed by atoms with E-state index >= 15 is 0 Å². The highest BCUT2D eigenvalue weighted by molar-refractivity contribution is 5.83. The maximum absolute atomic E-state index is 11.9. The highest BCUT2D eigenvalue weighted by atomic mass is 16.2. The summed E-state index contributed by atoms with van der Waals surface area (Å²) >= 11 is 0. The average Bonchev–Trinajstić information content (AvgIpc) is 2.71. The van der Waals surface area contributed by atoms with Crippen LogP contribution in [-0.4, -0.2) is 23.9 Å². The second kappa shape index (κ2) is 2.28. The first-order valence-electron chi connectivity index (χ1n) is 5.50. The summed E-state index contributed by atoms with van der Waals surface area (Å²) in [5, 5.41) is 0. The third-order valence-electron chi connectivity index (χ3n) is 4.21. The Morgan fingerprint density at radius 3 is 2.46 bits per heavy atom. The van der Waals surface area contributed by atoms with Gasteiger partial charge in [-0.05, 0) is 30.6 Å². The summed E-state index contributed by atoms with van der Waals surface area (Å²) in [6, 6.07) is 0. The summed E-state index contributed by atoms with van der Waals surface area (Å²) in [5.41, 5.74) is 0.524. The molecular formula is C11H17NO. The number of amides is 1. The van der Waals surface area contributed by atoms with E-state index in [1.54, 1.807) is 0 Å². The Morgan fingerprint density at radius 2 is 2.08 bits per heavy atom. The molecule has 2 aliphatic carbocycles. The fourth-order valence-electron chi connectivity index (χ4n) is 2.98. The van der Waals surface area contributed by atoms with Gasteiger partial charge in [0.05, 0.1) is 0 Å². The number of carbonyl (C=O) groups excluding carboxylic acids is 1. The largest absolute Gasteiger partial charge is 0.342 e. The monoisotopic (exact) mass is 179 g/mol. The smallest absolute Gasteiger partial charge is 0.226 e. The van der Waals surface area contributed by atoms with Gasteiger partial charge in [-0.15, -0.1) is 0 Å². The third-order valence-corrected chi connectivity index (χ3v) is 4.21. The summed E-state index contributed by atoms with van der Waals surface area (Å²) in [7, 11) is 0. The predicted molar refractivity (Wildman–Crippen MR) is 50.1 cm³/mol. The van der Waals surface area contributed by atoms with Crippen LogP contribution in [0.4, 0.5) is 0 Å². The van der Waals surface area contributed by atoms with Crippen molar-refractivity contribution in [2.45, 2.75) is 32.6 Å². The first kappa shape index (κ1) is 7.84. The number of likely N-dealkylation sites (tertiary alicyclic amines) is 1. The number of rotatable bonds is 1. The minimum Gasteiger partial charge on any atom is -0.342 e. The fraction of sp³-hybridized carbons (Fsp3) is 0.909. The van der Waals surface area contributed by atoms with Crippen molar-refractivity contribution in [1.29, 1.82) is 0 Å². The predicted octanol–water partition coefficient (Wildman–Crippen LogP) is 1.65. The second-order valence-electron chi connectivity index (χ2n) is 5.32. The Kier molecular flexibility index (Phi) is 1.38. The van der Waals surface area contributed by atoms with Crippen molar-refractivity contribution in [3.63, 3.8) is 0 Å². The molecule has 0 aromatic rings. The van der Waals surface area contributed by atoms with Gasteiger partial charge >= 0.3 is 0 Å². The van der Waals surface area contributed by atoms with Crippen molar-refractivity contribution in [3.05, 3.63) is 0 Å². The minimum absolute atomic E-state index is 0.439. The lowest BCUT2D eigenvalue weighted by Crippen LogP contribution is -2.50. The van der Waals surface area contributed by atoms with Crippen molar-refractivity contribution in [2.75, 3.05) is 13.1 Å². The van der Waals surface area contributed by atoms with Crippen molar-refractivity contribution in [3.8, 4) is 0 Å².